The number of aromatic amines is 1. The van der Waals surface area contributed by atoms with Gasteiger partial charge in [0.05, 0.1) is 11.4 Å². The Morgan fingerprint density at radius 3 is 2.43 bits per heavy atom. The SMILES string of the molecule is Cc1nc(NC(=O)c2c(C)nc3c(-c4ccccc4)c(C)[nH]n3c2=O)oc1C. The number of anilines is 1. The van der Waals surface area contributed by atoms with Gasteiger partial charge in [-0.25, -0.2) is 9.50 Å². The highest BCUT2D eigenvalue weighted by Crippen LogP contribution is 2.26. The van der Waals surface area contributed by atoms with Crippen molar-refractivity contribution >= 4 is 17.6 Å². The van der Waals surface area contributed by atoms with Crippen molar-refractivity contribution < 1.29 is 9.21 Å². The topological polar surface area (TPSA) is 105 Å². The number of rotatable bonds is 3. The molecule has 0 radical (unpaired) electrons. The number of nitrogens with one attached hydrogen (secondary N) is 2. The zero-order chi connectivity index (χ0) is 20.0. The molecule has 0 aliphatic heterocycles. The summed E-state index contributed by atoms with van der Waals surface area (Å²) in [5.74, 6) is -0.0102. The summed E-state index contributed by atoms with van der Waals surface area (Å²) in [4.78, 5) is 34.4. The average molecular weight is 377 g/mol. The zero-order valence-corrected chi connectivity index (χ0v) is 16.0. The maximum Gasteiger partial charge on any atom is 0.302 e. The number of fused-ring (bicyclic) bond motifs is 1. The smallest absolute Gasteiger partial charge is 0.302 e. The van der Waals surface area contributed by atoms with Gasteiger partial charge in [-0.05, 0) is 33.3 Å². The Morgan fingerprint density at radius 2 is 1.79 bits per heavy atom. The molecule has 28 heavy (non-hydrogen) atoms. The summed E-state index contributed by atoms with van der Waals surface area (Å²) in [6.45, 7) is 7.02. The minimum atomic E-state index is -0.612. The molecule has 1 amide bonds. The maximum atomic E-state index is 13.0. The minimum Gasteiger partial charge on any atom is -0.428 e. The first-order valence-corrected chi connectivity index (χ1v) is 8.79. The fourth-order valence-electron chi connectivity index (χ4n) is 3.19. The van der Waals surface area contributed by atoms with Crippen molar-refractivity contribution in [2.45, 2.75) is 27.7 Å². The Labute approximate surface area is 160 Å². The van der Waals surface area contributed by atoms with E-state index in [-0.39, 0.29) is 11.6 Å². The molecule has 0 aliphatic carbocycles. The summed E-state index contributed by atoms with van der Waals surface area (Å²) < 4.78 is 6.67. The predicted octanol–water partition coefficient (Wildman–Crippen LogP) is 3.16. The summed E-state index contributed by atoms with van der Waals surface area (Å²) in [5, 5.41) is 5.55. The lowest BCUT2D eigenvalue weighted by Crippen LogP contribution is -2.29. The lowest BCUT2D eigenvalue weighted by molar-refractivity contribution is 0.102. The second-order valence-electron chi connectivity index (χ2n) is 6.63. The largest absolute Gasteiger partial charge is 0.428 e. The van der Waals surface area contributed by atoms with Crippen LogP contribution in [0.3, 0.4) is 0 Å². The number of hydrogen-bond acceptors (Lipinski definition) is 5. The third-order valence-electron chi connectivity index (χ3n) is 4.68. The van der Waals surface area contributed by atoms with Crippen LogP contribution in [0, 0.1) is 27.7 Å². The molecule has 0 saturated carbocycles. The Hall–Kier alpha value is -3.68. The molecule has 0 aliphatic rings. The van der Waals surface area contributed by atoms with E-state index in [0.717, 1.165) is 16.8 Å². The summed E-state index contributed by atoms with van der Waals surface area (Å²) in [6.07, 6.45) is 0. The molecule has 2 N–H and O–H groups in total. The fourth-order valence-corrected chi connectivity index (χ4v) is 3.19. The van der Waals surface area contributed by atoms with Crippen LogP contribution in [0.15, 0.2) is 39.5 Å². The molecular formula is C20H19N5O3. The molecule has 1 aromatic carbocycles. The van der Waals surface area contributed by atoms with Gasteiger partial charge in [-0.2, -0.15) is 4.98 Å². The highest BCUT2D eigenvalue weighted by Gasteiger charge is 2.23. The van der Waals surface area contributed by atoms with Gasteiger partial charge in [0.1, 0.15) is 11.3 Å². The maximum absolute atomic E-state index is 13.0. The fraction of sp³-hybridized carbons (Fsp3) is 0.200. The van der Waals surface area contributed by atoms with Gasteiger partial charge in [0.25, 0.3) is 11.5 Å². The highest BCUT2D eigenvalue weighted by atomic mass is 16.4. The quantitative estimate of drug-likeness (QED) is 0.570. The molecule has 8 nitrogen and oxygen atoms in total. The lowest BCUT2D eigenvalue weighted by Gasteiger charge is -2.06. The monoisotopic (exact) mass is 377 g/mol. The number of nitrogens with zero attached hydrogens (tertiary/aromatic N) is 3. The number of amides is 1. The van der Waals surface area contributed by atoms with E-state index in [1.165, 1.54) is 4.52 Å². The van der Waals surface area contributed by atoms with Crippen molar-refractivity contribution in [2.75, 3.05) is 5.32 Å². The van der Waals surface area contributed by atoms with Crippen molar-refractivity contribution in [1.82, 2.24) is 19.6 Å². The molecule has 4 rings (SSSR count). The number of carbonyl (C=O) groups is 1. The third-order valence-corrected chi connectivity index (χ3v) is 4.68. The van der Waals surface area contributed by atoms with E-state index in [1.807, 2.05) is 37.3 Å². The van der Waals surface area contributed by atoms with Crippen LogP contribution >= 0.6 is 0 Å². The number of H-pyrrole nitrogens is 1. The van der Waals surface area contributed by atoms with E-state index in [4.69, 9.17) is 4.42 Å². The van der Waals surface area contributed by atoms with E-state index in [9.17, 15) is 9.59 Å². The molecule has 0 bridgehead atoms. The Balaban J connectivity index is 1.83. The standard InChI is InChI=1S/C20H19N5O3/c1-10-13(4)28-20(22-10)23-18(26)16-11(2)21-17-15(14-8-6-5-7-9-14)12(3)24-25(17)19(16)27/h5-9,24H,1-4H3,(H,22,23,26). The van der Waals surface area contributed by atoms with Gasteiger partial charge >= 0.3 is 6.01 Å². The molecule has 0 unspecified atom stereocenters. The average Bonchev–Trinajstić information content (AvgIpc) is 3.14. The lowest BCUT2D eigenvalue weighted by atomic mass is 10.1. The molecule has 0 fully saturated rings. The molecule has 4 aromatic rings. The van der Waals surface area contributed by atoms with Crippen molar-refractivity contribution in [3.8, 4) is 11.1 Å². The zero-order valence-electron chi connectivity index (χ0n) is 16.0. The van der Waals surface area contributed by atoms with Gasteiger partial charge in [-0.3, -0.25) is 20.0 Å². The van der Waals surface area contributed by atoms with Crippen molar-refractivity contribution in [3.63, 3.8) is 0 Å². The Bertz CT molecular complexity index is 1250. The number of hydrogen-bond donors (Lipinski definition) is 2. The van der Waals surface area contributed by atoms with E-state index in [1.54, 1.807) is 20.8 Å². The number of carbonyl (C=O) groups excluding carboxylic acids is 1. The Morgan fingerprint density at radius 1 is 1.07 bits per heavy atom. The number of oxazole rings is 1. The molecule has 0 spiro atoms. The first kappa shape index (κ1) is 17.7. The van der Waals surface area contributed by atoms with Gasteiger partial charge < -0.3 is 4.42 Å². The van der Waals surface area contributed by atoms with E-state index in [2.05, 4.69) is 20.4 Å². The first-order valence-electron chi connectivity index (χ1n) is 8.79. The second-order valence-corrected chi connectivity index (χ2v) is 6.63. The molecular weight excluding hydrogens is 358 g/mol. The van der Waals surface area contributed by atoms with Crippen molar-refractivity contribution in [3.05, 3.63) is 69.1 Å². The summed E-state index contributed by atoms with van der Waals surface area (Å²) in [6, 6.07) is 9.72. The van der Waals surface area contributed by atoms with Gasteiger partial charge in [0.2, 0.25) is 0 Å². The molecule has 8 heteroatoms. The summed E-state index contributed by atoms with van der Waals surface area (Å²) in [5.41, 5.74) is 3.48. The third kappa shape index (κ3) is 2.79. The van der Waals surface area contributed by atoms with Crippen molar-refractivity contribution in [1.29, 1.82) is 0 Å². The first-order chi connectivity index (χ1) is 13.4. The van der Waals surface area contributed by atoms with Crippen LogP contribution < -0.4 is 10.9 Å². The Kier molecular flexibility index (Phi) is 4.11. The summed E-state index contributed by atoms with van der Waals surface area (Å²) >= 11 is 0. The minimum absolute atomic E-state index is 0.0523. The van der Waals surface area contributed by atoms with Gasteiger partial charge in [-0.1, -0.05) is 30.3 Å². The molecule has 0 atom stereocenters. The van der Waals surface area contributed by atoms with Crippen LogP contribution in [-0.2, 0) is 0 Å². The number of aromatic nitrogens is 4. The molecule has 3 heterocycles. The second kappa shape index (κ2) is 6.49. The highest BCUT2D eigenvalue weighted by molar-refractivity contribution is 6.04. The molecule has 0 saturated heterocycles. The van der Waals surface area contributed by atoms with Gasteiger partial charge in [0.15, 0.2) is 5.65 Å². The predicted molar refractivity (Wildman–Crippen MR) is 105 cm³/mol. The normalized spacial score (nSPS) is 11.1. The van der Waals surface area contributed by atoms with E-state index >= 15 is 0 Å². The molecule has 3 aromatic heterocycles. The van der Waals surface area contributed by atoms with Crippen LogP contribution in [0.4, 0.5) is 6.01 Å². The van der Waals surface area contributed by atoms with E-state index in [0.29, 0.717) is 22.8 Å². The summed E-state index contributed by atoms with van der Waals surface area (Å²) in [7, 11) is 0. The van der Waals surface area contributed by atoms with Crippen LogP contribution in [0.5, 0.6) is 0 Å². The van der Waals surface area contributed by atoms with Crippen LogP contribution in [0.2, 0.25) is 0 Å². The molecule has 142 valence electrons. The van der Waals surface area contributed by atoms with Crippen LogP contribution in [-0.4, -0.2) is 25.5 Å². The number of benzene rings is 1. The van der Waals surface area contributed by atoms with Crippen LogP contribution in [0.25, 0.3) is 16.8 Å². The number of aryl methyl sites for hydroxylation is 4. The van der Waals surface area contributed by atoms with Crippen LogP contribution in [0.1, 0.15) is 33.2 Å². The van der Waals surface area contributed by atoms with Gasteiger partial charge in [-0.15, -0.1) is 0 Å². The van der Waals surface area contributed by atoms with E-state index < -0.39 is 11.5 Å². The van der Waals surface area contributed by atoms with Crippen molar-refractivity contribution in [2.24, 2.45) is 0 Å². The van der Waals surface area contributed by atoms with Gasteiger partial charge in [0, 0.05) is 11.3 Å².